The number of amides is 1. The molecule has 1 unspecified atom stereocenters. The average Bonchev–Trinajstić information content (AvgIpc) is 2.77. The summed E-state index contributed by atoms with van der Waals surface area (Å²) in [6.07, 6.45) is 5.54. The minimum Gasteiger partial charge on any atom is -0.353 e. The van der Waals surface area contributed by atoms with E-state index in [1.807, 2.05) is 6.92 Å². The van der Waals surface area contributed by atoms with Gasteiger partial charge in [0.2, 0.25) is 5.91 Å². The Morgan fingerprint density at radius 3 is 3.00 bits per heavy atom. The van der Waals surface area contributed by atoms with Crippen molar-refractivity contribution in [2.45, 2.75) is 39.3 Å². The standard InChI is InChI=1S/C11H21N5O/c1-3-4-10(2)14-11(17)9-12-5-7-16-8-6-13-15-16/h6,8,10,12H,3-5,7,9H2,1-2H3,(H,14,17). The number of carbonyl (C=O) groups is 1. The van der Waals surface area contributed by atoms with E-state index in [1.165, 1.54) is 0 Å². The van der Waals surface area contributed by atoms with Crippen molar-refractivity contribution in [1.82, 2.24) is 25.6 Å². The summed E-state index contributed by atoms with van der Waals surface area (Å²) in [5, 5.41) is 13.5. The molecule has 1 atom stereocenters. The van der Waals surface area contributed by atoms with Crippen molar-refractivity contribution >= 4 is 5.91 Å². The minimum absolute atomic E-state index is 0.0459. The number of nitrogens with zero attached hydrogens (tertiary/aromatic N) is 3. The Kier molecular flexibility index (Phi) is 6.24. The number of rotatable bonds is 8. The number of nitrogens with one attached hydrogen (secondary N) is 2. The third kappa shape index (κ3) is 6.01. The Bertz CT molecular complexity index is 312. The minimum atomic E-state index is 0.0459. The van der Waals surface area contributed by atoms with Gasteiger partial charge in [-0.1, -0.05) is 18.6 Å². The van der Waals surface area contributed by atoms with Crippen molar-refractivity contribution < 1.29 is 4.79 Å². The Balaban J connectivity index is 2.04. The van der Waals surface area contributed by atoms with E-state index in [-0.39, 0.29) is 11.9 Å². The molecule has 0 fully saturated rings. The first-order valence-electron chi connectivity index (χ1n) is 6.06. The first-order chi connectivity index (χ1) is 8.22. The maximum atomic E-state index is 11.5. The van der Waals surface area contributed by atoms with Crippen LogP contribution in [-0.2, 0) is 11.3 Å². The van der Waals surface area contributed by atoms with Crippen LogP contribution in [0.15, 0.2) is 12.4 Å². The second-order valence-corrected chi connectivity index (χ2v) is 4.10. The lowest BCUT2D eigenvalue weighted by molar-refractivity contribution is -0.120. The summed E-state index contributed by atoms with van der Waals surface area (Å²) < 4.78 is 1.73. The van der Waals surface area contributed by atoms with E-state index in [0.717, 1.165) is 19.4 Å². The molecule has 0 spiro atoms. The fourth-order valence-electron chi connectivity index (χ4n) is 1.58. The van der Waals surface area contributed by atoms with Crippen LogP contribution >= 0.6 is 0 Å². The van der Waals surface area contributed by atoms with E-state index in [1.54, 1.807) is 17.1 Å². The van der Waals surface area contributed by atoms with Gasteiger partial charge in [0.15, 0.2) is 0 Å². The Morgan fingerprint density at radius 1 is 1.53 bits per heavy atom. The molecule has 1 aromatic heterocycles. The fraction of sp³-hybridized carbons (Fsp3) is 0.727. The second-order valence-electron chi connectivity index (χ2n) is 4.10. The van der Waals surface area contributed by atoms with E-state index in [4.69, 9.17) is 0 Å². The number of carbonyl (C=O) groups excluding carboxylic acids is 1. The van der Waals surface area contributed by atoms with Gasteiger partial charge >= 0.3 is 0 Å². The lowest BCUT2D eigenvalue weighted by Gasteiger charge is -2.12. The van der Waals surface area contributed by atoms with E-state index < -0.39 is 0 Å². The van der Waals surface area contributed by atoms with Crippen LogP contribution in [0, 0.1) is 0 Å². The van der Waals surface area contributed by atoms with Gasteiger partial charge in [0, 0.05) is 18.8 Å². The van der Waals surface area contributed by atoms with Crippen molar-refractivity contribution in [3.63, 3.8) is 0 Å². The van der Waals surface area contributed by atoms with Gasteiger partial charge in [0.05, 0.1) is 19.3 Å². The molecule has 0 aromatic carbocycles. The molecule has 1 heterocycles. The molecule has 17 heavy (non-hydrogen) atoms. The van der Waals surface area contributed by atoms with Gasteiger partial charge in [-0.2, -0.15) is 0 Å². The zero-order valence-corrected chi connectivity index (χ0v) is 10.5. The molecular weight excluding hydrogens is 218 g/mol. The molecule has 6 nitrogen and oxygen atoms in total. The third-order valence-corrected chi connectivity index (χ3v) is 2.40. The molecule has 1 amide bonds. The maximum Gasteiger partial charge on any atom is 0.234 e. The average molecular weight is 239 g/mol. The number of aromatic nitrogens is 3. The van der Waals surface area contributed by atoms with Crippen molar-refractivity contribution in [2.24, 2.45) is 0 Å². The summed E-state index contributed by atoms with van der Waals surface area (Å²) in [7, 11) is 0. The highest BCUT2D eigenvalue weighted by atomic mass is 16.1. The molecule has 0 aliphatic rings. The van der Waals surface area contributed by atoms with Gasteiger partial charge in [-0.25, -0.2) is 0 Å². The van der Waals surface area contributed by atoms with Crippen molar-refractivity contribution in [3.8, 4) is 0 Å². The highest BCUT2D eigenvalue weighted by Crippen LogP contribution is 1.93. The summed E-state index contributed by atoms with van der Waals surface area (Å²) in [5.41, 5.74) is 0. The monoisotopic (exact) mass is 239 g/mol. The Labute approximate surface area is 102 Å². The molecule has 1 rings (SSSR count). The van der Waals surface area contributed by atoms with Crippen LogP contribution in [0.25, 0.3) is 0 Å². The van der Waals surface area contributed by atoms with Crippen LogP contribution in [0.5, 0.6) is 0 Å². The topological polar surface area (TPSA) is 71.8 Å². The highest BCUT2D eigenvalue weighted by molar-refractivity contribution is 5.78. The lowest BCUT2D eigenvalue weighted by atomic mass is 10.2. The van der Waals surface area contributed by atoms with Crippen LogP contribution in [0.1, 0.15) is 26.7 Å². The van der Waals surface area contributed by atoms with E-state index in [0.29, 0.717) is 13.1 Å². The van der Waals surface area contributed by atoms with E-state index in [9.17, 15) is 4.79 Å². The molecule has 0 aliphatic carbocycles. The molecule has 0 aliphatic heterocycles. The Morgan fingerprint density at radius 2 is 2.35 bits per heavy atom. The van der Waals surface area contributed by atoms with Gasteiger partial charge in [-0.15, -0.1) is 5.10 Å². The summed E-state index contributed by atoms with van der Waals surface area (Å²) in [6.45, 7) is 5.91. The molecule has 6 heteroatoms. The number of hydrogen-bond donors (Lipinski definition) is 2. The van der Waals surface area contributed by atoms with Crippen molar-refractivity contribution in [3.05, 3.63) is 12.4 Å². The summed E-state index contributed by atoms with van der Waals surface area (Å²) >= 11 is 0. The second kappa shape index (κ2) is 7.78. The molecule has 0 radical (unpaired) electrons. The summed E-state index contributed by atoms with van der Waals surface area (Å²) in [6, 6.07) is 0.254. The lowest BCUT2D eigenvalue weighted by Crippen LogP contribution is -2.39. The first-order valence-corrected chi connectivity index (χ1v) is 6.06. The largest absolute Gasteiger partial charge is 0.353 e. The SMILES string of the molecule is CCCC(C)NC(=O)CNCCn1ccnn1. The van der Waals surface area contributed by atoms with Crippen LogP contribution in [0.4, 0.5) is 0 Å². The van der Waals surface area contributed by atoms with E-state index in [2.05, 4.69) is 27.9 Å². The predicted molar refractivity (Wildman–Crippen MR) is 65.4 cm³/mol. The van der Waals surface area contributed by atoms with Crippen LogP contribution in [0.2, 0.25) is 0 Å². The quantitative estimate of drug-likeness (QED) is 0.634. The summed E-state index contributed by atoms with van der Waals surface area (Å²) in [4.78, 5) is 11.5. The molecule has 2 N–H and O–H groups in total. The van der Waals surface area contributed by atoms with Crippen molar-refractivity contribution in [1.29, 1.82) is 0 Å². The molecule has 0 bridgehead atoms. The van der Waals surface area contributed by atoms with Gasteiger partial charge in [-0.05, 0) is 13.3 Å². The van der Waals surface area contributed by atoms with Gasteiger partial charge in [0.25, 0.3) is 0 Å². The first kappa shape index (κ1) is 13.6. The van der Waals surface area contributed by atoms with Gasteiger partial charge in [0.1, 0.15) is 0 Å². The molecule has 0 saturated heterocycles. The van der Waals surface area contributed by atoms with Gasteiger partial charge in [-0.3, -0.25) is 9.48 Å². The number of hydrogen-bond acceptors (Lipinski definition) is 4. The molecular formula is C11H21N5O. The fourth-order valence-corrected chi connectivity index (χ4v) is 1.58. The van der Waals surface area contributed by atoms with Crippen molar-refractivity contribution in [2.75, 3.05) is 13.1 Å². The summed E-state index contributed by atoms with van der Waals surface area (Å²) in [5.74, 6) is 0.0459. The molecule has 96 valence electrons. The third-order valence-electron chi connectivity index (χ3n) is 2.40. The maximum absolute atomic E-state index is 11.5. The van der Waals surface area contributed by atoms with E-state index >= 15 is 0 Å². The van der Waals surface area contributed by atoms with Gasteiger partial charge < -0.3 is 10.6 Å². The molecule has 1 aromatic rings. The Hall–Kier alpha value is -1.43. The molecule has 0 saturated carbocycles. The zero-order chi connectivity index (χ0) is 12.5. The zero-order valence-electron chi connectivity index (χ0n) is 10.5. The predicted octanol–water partition coefficient (Wildman–Crippen LogP) is 0.173. The normalized spacial score (nSPS) is 12.4. The van der Waals surface area contributed by atoms with Crippen LogP contribution in [0.3, 0.4) is 0 Å². The highest BCUT2D eigenvalue weighted by Gasteiger charge is 2.05. The smallest absolute Gasteiger partial charge is 0.234 e. The van der Waals surface area contributed by atoms with Crippen LogP contribution < -0.4 is 10.6 Å². The van der Waals surface area contributed by atoms with Crippen LogP contribution in [-0.4, -0.2) is 40.0 Å².